The molecule has 2 aromatic heterocycles. The summed E-state index contributed by atoms with van der Waals surface area (Å²) in [4.78, 5) is 12.7. The van der Waals surface area contributed by atoms with Gasteiger partial charge in [0, 0.05) is 34.3 Å². The Hall–Kier alpha value is -1.47. The maximum atomic E-state index is 13.4. The second kappa shape index (κ2) is 10.6. The summed E-state index contributed by atoms with van der Waals surface area (Å²) in [6.07, 6.45) is 5.55. The maximum absolute atomic E-state index is 13.4. The van der Waals surface area contributed by atoms with E-state index in [4.69, 9.17) is 4.74 Å². The Balaban J connectivity index is 2.05. The van der Waals surface area contributed by atoms with Crippen LogP contribution in [-0.4, -0.2) is 52.0 Å². The van der Waals surface area contributed by atoms with Crippen LogP contribution in [0.25, 0.3) is 11.0 Å². The number of halogens is 1. The molecule has 0 aliphatic heterocycles. The first kappa shape index (κ1) is 27.1. The molecule has 2 heterocycles. The van der Waals surface area contributed by atoms with Gasteiger partial charge in [0.05, 0.1) is 5.39 Å². The summed E-state index contributed by atoms with van der Waals surface area (Å²) < 4.78 is 36.1. The molecule has 0 saturated heterocycles. The largest absolute Gasteiger partial charge is 0.710 e. The normalized spacial score (nSPS) is 15.9. The molecule has 1 aliphatic carbocycles. The molecule has 1 N–H and O–H groups in total. The smallest absolute Gasteiger partial charge is 0.306 e. The molecule has 9 nitrogen and oxygen atoms in total. The van der Waals surface area contributed by atoms with E-state index in [0.717, 1.165) is 51.6 Å². The Morgan fingerprint density at radius 1 is 1.26 bits per heavy atom. The molecule has 1 fully saturated rings. The van der Waals surface area contributed by atoms with Crippen LogP contribution in [0.15, 0.2) is 16.7 Å². The minimum Gasteiger partial charge on any atom is -0.710 e. The van der Waals surface area contributed by atoms with Crippen molar-refractivity contribution in [1.29, 1.82) is 0 Å². The number of nitrogens with zero attached hydrogens (tertiary/aromatic N) is 3. The van der Waals surface area contributed by atoms with Gasteiger partial charge >= 0.3 is 16.1 Å². The van der Waals surface area contributed by atoms with Crippen molar-refractivity contribution in [1.82, 2.24) is 13.6 Å². The van der Waals surface area contributed by atoms with Crippen LogP contribution in [0.5, 0.6) is 0 Å². The van der Waals surface area contributed by atoms with Gasteiger partial charge in [-0.05, 0) is 52.9 Å². The molecule has 0 bridgehead atoms. The van der Waals surface area contributed by atoms with Gasteiger partial charge < -0.3 is 9.94 Å². The minimum atomic E-state index is -4.03. The minimum absolute atomic E-state index is 0.164. The highest BCUT2D eigenvalue weighted by Gasteiger charge is 2.32. The third-order valence-electron chi connectivity index (χ3n) is 6.23. The summed E-state index contributed by atoms with van der Waals surface area (Å²) in [5.74, 6) is -0.670. The van der Waals surface area contributed by atoms with Gasteiger partial charge in [0.25, 0.3) is 5.65 Å². The number of pyridine rings is 1. The van der Waals surface area contributed by atoms with Gasteiger partial charge in [-0.3, -0.25) is 4.79 Å². The van der Waals surface area contributed by atoms with Crippen LogP contribution >= 0.6 is 15.9 Å². The summed E-state index contributed by atoms with van der Waals surface area (Å²) in [6.45, 7) is 7.57. The molecule has 34 heavy (non-hydrogen) atoms. The number of aromatic nitrogens is 2. The van der Waals surface area contributed by atoms with Gasteiger partial charge in [-0.1, -0.05) is 38.9 Å². The molecule has 0 atom stereocenters. The lowest BCUT2D eigenvalue weighted by Gasteiger charge is -2.21. The number of carbonyl (C=O) groups excluding carboxylic acids is 1. The molecule has 0 unspecified atom stereocenters. The van der Waals surface area contributed by atoms with Crippen molar-refractivity contribution < 1.29 is 22.7 Å². The zero-order chi connectivity index (χ0) is 25.3. The number of amides is 1. The van der Waals surface area contributed by atoms with Gasteiger partial charge in [0.1, 0.15) is 0 Å². The fraction of sp³-hybridized carbons (Fsp3) is 0.636. The third-order valence-corrected chi connectivity index (χ3v) is 10.2. The number of hydrogen-bond acceptors (Lipinski definition) is 5. The Labute approximate surface area is 211 Å². The van der Waals surface area contributed by atoms with E-state index in [9.17, 15) is 18.4 Å². The maximum Gasteiger partial charge on any atom is 0.306 e. The summed E-state index contributed by atoms with van der Waals surface area (Å²) in [5, 5.41) is 14.2. The molecule has 1 saturated carbocycles. The standard InChI is InChI=1S/C22H35BrN4O5SSi/c1-25(2)33(30,31)24-21(28)18-12-11-17-19(16-9-7-6-8-10-16)20(23)26(22(17)27(18)29)15-32-13-14-34(3,4)5/h11-12,16H,6-10,13-15H2,1-5H3,(H,24,28). The molecule has 190 valence electrons. The molecule has 0 spiro atoms. The SMILES string of the molecule is CN(C)S(=O)(=O)NC(=O)c1ccc2c(C3CCCCC3)c(Br)n(COCC[Si](C)(C)C)c2[n+]1[O-]. The fourth-order valence-electron chi connectivity index (χ4n) is 4.20. The molecule has 1 aliphatic rings. The number of carbonyl (C=O) groups is 1. The van der Waals surface area contributed by atoms with Crippen molar-refractivity contribution in [2.45, 2.75) is 70.4 Å². The topological polar surface area (TPSA) is 108 Å². The summed E-state index contributed by atoms with van der Waals surface area (Å²) in [5.41, 5.74) is 1.05. The number of nitrogens with one attached hydrogen (secondary N) is 1. The summed E-state index contributed by atoms with van der Waals surface area (Å²) in [7, 11) is -2.70. The Morgan fingerprint density at radius 2 is 1.91 bits per heavy atom. The van der Waals surface area contributed by atoms with E-state index in [1.165, 1.54) is 26.6 Å². The van der Waals surface area contributed by atoms with E-state index in [2.05, 4.69) is 35.6 Å². The highest BCUT2D eigenvalue weighted by Crippen LogP contribution is 2.41. The molecule has 0 aromatic carbocycles. The van der Waals surface area contributed by atoms with Crippen molar-refractivity contribution >= 4 is 51.2 Å². The lowest BCUT2D eigenvalue weighted by molar-refractivity contribution is -0.582. The van der Waals surface area contributed by atoms with Crippen LogP contribution in [0.2, 0.25) is 25.7 Å². The van der Waals surface area contributed by atoms with E-state index in [1.807, 2.05) is 4.72 Å². The van der Waals surface area contributed by atoms with Gasteiger partial charge in [0.2, 0.25) is 0 Å². The molecule has 12 heteroatoms. The molecular weight excluding hydrogens is 540 g/mol. The van der Waals surface area contributed by atoms with E-state index in [0.29, 0.717) is 17.3 Å². The summed E-state index contributed by atoms with van der Waals surface area (Å²) >= 11 is 3.72. The molecule has 0 radical (unpaired) electrons. The summed E-state index contributed by atoms with van der Waals surface area (Å²) in [6, 6.07) is 4.13. The van der Waals surface area contributed by atoms with E-state index in [1.54, 1.807) is 10.6 Å². The van der Waals surface area contributed by atoms with Crippen molar-refractivity contribution in [2.24, 2.45) is 0 Å². The molecule has 1 amide bonds. The Morgan fingerprint density at radius 3 is 2.50 bits per heavy atom. The number of fused-ring (bicyclic) bond motifs is 1. The monoisotopic (exact) mass is 574 g/mol. The van der Waals surface area contributed by atoms with E-state index >= 15 is 0 Å². The first-order chi connectivity index (χ1) is 15.8. The van der Waals surface area contributed by atoms with Gasteiger partial charge in [-0.25, -0.2) is 9.45 Å². The predicted octanol–water partition coefficient (Wildman–Crippen LogP) is 3.93. The molecule has 2 aromatic rings. The van der Waals surface area contributed by atoms with Crippen LogP contribution < -0.4 is 9.45 Å². The highest BCUT2D eigenvalue weighted by atomic mass is 79.9. The number of rotatable bonds is 9. The van der Waals surface area contributed by atoms with Crippen LogP contribution in [0.3, 0.4) is 0 Å². The van der Waals surface area contributed by atoms with Gasteiger partial charge in [0.15, 0.2) is 17.0 Å². The van der Waals surface area contributed by atoms with Crippen molar-refractivity contribution in [3.05, 3.63) is 33.2 Å². The quantitative estimate of drug-likeness (QED) is 0.211. The number of hydrogen-bond donors (Lipinski definition) is 1. The van der Waals surface area contributed by atoms with Crippen molar-refractivity contribution in [2.75, 3.05) is 20.7 Å². The highest BCUT2D eigenvalue weighted by molar-refractivity contribution is 9.10. The number of ether oxygens (including phenoxy) is 1. The van der Waals surface area contributed by atoms with E-state index in [-0.39, 0.29) is 18.1 Å². The van der Waals surface area contributed by atoms with E-state index < -0.39 is 24.2 Å². The molecular formula is C22H35BrN4O5SSi. The first-order valence-corrected chi connectivity index (χ1v) is 17.5. The van der Waals surface area contributed by atoms with Crippen LogP contribution in [0, 0.1) is 5.21 Å². The third kappa shape index (κ3) is 6.01. The fourth-order valence-corrected chi connectivity index (χ4v) is 6.29. The zero-order valence-electron chi connectivity index (χ0n) is 20.6. The Bertz CT molecular complexity index is 1150. The van der Waals surface area contributed by atoms with Gasteiger partial charge in [-0.2, -0.15) is 17.3 Å². The average Bonchev–Trinajstić information content (AvgIpc) is 3.03. The average molecular weight is 576 g/mol. The zero-order valence-corrected chi connectivity index (χ0v) is 24.0. The second-order valence-electron chi connectivity index (χ2n) is 10.3. The van der Waals surface area contributed by atoms with Gasteiger partial charge in [-0.15, -0.1) is 0 Å². The van der Waals surface area contributed by atoms with Crippen LogP contribution in [-0.2, 0) is 21.7 Å². The Kier molecular flexibility index (Phi) is 8.49. The molecule has 3 rings (SSSR count). The first-order valence-electron chi connectivity index (χ1n) is 11.6. The van der Waals surface area contributed by atoms with Crippen molar-refractivity contribution in [3.63, 3.8) is 0 Å². The van der Waals surface area contributed by atoms with Crippen LogP contribution in [0.1, 0.15) is 54.1 Å². The lowest BCUT2D eigenvalue weighted by atomic mass is 9.84. The van der Waals surface area contributed by atoms with Crippen LogP contribution in [0.4, 0.5) is 0 Å². The predicted molar refractivity (Wildman–Crippen MR) is 139 cm³/mol. The van der Waals surface area contributed by atoms with Crippen molar-refractivity contribution in [3.8, 4) is 0 Å². The second-order valence-corrected chi connectivity index (χ2v) is 18.5. The lowest BCUT2D eigenvalue weighted by Crippen LogP contribution is -2.45.